The Kier molecular flexibility index (Phi) is 5.15. The van der Waals surface area contributed by atoms with Gasteiger partial charge in [-0.05, 0) is 12.1 Å². The van der Waals surface area contributed by atoms with E-state index in [1.165, 1.54) is 17.7 Å². The molecule has 0 unspecified atom stereocenters. The summed E-state index contributed by atoms with van der Waals surface area (Å²) in [5.74, 6) is -0.737. The summed E-state index contributed by atoms with van der Waals surface area (Å²) in [6, 6.07) is 4.08. The van der Waals surface area contributed by atoms with Crippen LogP contribution in [0.1, 0.15) is 16.2 Å². The van der Waals surface area contributed by atoms with E-state index in [9.17, 15) is 22.8 Å². The van der Waals surface area contributed by atoms with Gasteiger partial charge < -0.3 is 14.5 Å². The number of hydrogen-bond donors (Lipinski definition) is 1. The van der Waals surface area contributed by atoms with Gasteiger partial charge in [0.15, 0.2) is 0 Å². The maximum absolute atomic E-state index is 12.5. The van der Waals surface area contributed by atoms with Gasteiger partial charge in [0.25, 0.3) is 11.5 Å². The molecule has 2 heterocycles. The zero-order valence-electron chi connectivity index (χ0n) is 12.5. The number of rotatable bonds is 3. The van der Waals surface area contributed by atoms with Crippen molar-refractivity contribution >= 4 is 34.8 Å². The van der Waals surface area contributed by atoms with E-state index in [1.54, 1.807) is 0 Å². The van der Waals surface area contributed by atoms with Crippen LogP contribution in [-0.4, -0.2) is 21.2 Å². The smallest absolute Gasteiger partial charge is 0.330 e. The summed E-state index contributed by atoms with van der Waals surface area (Å²) < 4.78 is 39.1. The molecule has 0 atom stereocenters. The quantitative estimate of drug-likeness (QED) is 0.870. The van der Waals surface area contributed by atoms with Crippen molar-refractivity contribution in [3.05, 3.63) is 50.1 Å². The SMILES string of the molecule is Cn1c(C(=O)Nc2cc(Cl)c(=O)n(CC(F)(F)F)c2)cc(Cl)c1C#N. The number of nitrogens with zero attached hydrogens (tertiary/aromatic N) is 3. The lowest BCUT2D eigenvalue weighted by Crippen LogP contribution is -2.28. The second-order valence-electron chi connectivity index (χ2n) is 4.98. The van der Waals surface area contributed by atoms with E-state index in [2.05, 4.69) is 5.32 Å². The molecular weight excluding hydrogens is 384 g/mol. The topological polar surface area (TPSA) is 79.8 Å². The number of carbonyl (C=O) groups excluding carboxylic acids is 1. The fraction of sp³-hybridized carbons (Fsp3) is 0.214. The first-order chi connectivity index (χ1) is 11.5. The first kappa shape index (κ1) is 18.9. The molecule has 11 heteroatoms. The number of anilines is 1. The molecule has 132 valence electrons. The molecule has 0 radical (unpaired) electrons. The Morgan fingerprint density at radius 3 is 2.48 bits per heavy atom. The lowest BCUT2D eigenvalue weighted by molar-refractivity contribution is -0.141. The molecule has 1 N–H and O–H groups in total. The highest BCUT2D eigenvalue weighted by Crippen LogP contribution is 2.22. The largest absolute Gasteiger partial charge is 0.406 e. The van der Waals surface area contributed by atoms with Crippen molar-refractivity contribution in [2.45, 2.75) is 12.7 Å². The van der Waals surface area contributed by atoms with E-state index in [1.807, 2.05) is 6.07 Å². The van der Waals surface area contributed by atoms with Gasteiger partial charge in [0.2, 0.25) is 0 Å². The summed E-state index contributed by atoms with van der Waals surface area (Å²) in [5, 5.41) is 10.8. The lowest BCUT2D eigenvalue weighted by atomic mass is 10.3. The molecule has 0 bridgehead atoms. The molecule has 0 saturated heterocycles. The van der Waals surface area contributed by atoms with Crippen molar-refractivity contribution in [1.82, 2.24) is 9.13 Å². The summed E-state index contributed by atoms with van der Waals surface area (Å²) in [6.07, 6.45) is -3.81. The third kappa shape index (κ3) is 4.15. The third-order valence-electron chi connectivity index (χ3n) is 3.17. The van der Waals surface area contributed by atoms with Crippen LogP contribution in [0, 0.1) is 11.3 Å². The zero-order chi connectivity index (χ0) is 18.9. The Morgan fingerprint density at radius 2 is 1.96 bits per heavy atom. The minimum absolute atomic E-state index is 0.00578. The number of aromatic nitrogens is 2. The van der Waals surface area contributed by atoms with Crippen LogP contribution in [0.4, 0.5) is 18.9 Å². The van der Waals surface area contributed by atoms with Gasteiger partial charge in [-0.25, -0.2) is 0 Å². The van der Waals surface area contributed by atoms with E-state index in [0.29, 0.717) is 4.57 Å². The minimum atomic E-state index is -4.64. The highest BCUT2D eigenvalue weighted by atomic mass is 35.5. The molecule has 0 aliphatic heterocycles. The van der Waals surface area contributed by atoms with E-state index in [0.717, 1.165) is 12.3 Å². The van der Waals surface area contributed by atoms with Crippen molar-refractivity contribution < 1.29 is 18.0 Å². The number of pyridine rings is 1. The normalized spacial score (nSPS) is 11.2. The highest BCUT2D eigenvalue weighted by Gasteiger charge is 2.29. The van der Waals surface area contributed by atoms with Gasteiger partial charge >= 0.3 is 6.18 Å². The van der Waals surface area contributed by atoms with Gasteiger partial charge in [-0.15, -0.1) is 0 Å². The number of hydrogen-bond acceptors (Lipinski definition) is 3. The molecule has 0 saturated carbocycles. The molecule has 2 aromatic rings. The Labute approximate surface area is 149 Å². The second-order valence-corrected chi connectivity index (χ2v) is 5.79. The second kappa shape index (κ2) is 6.82. The van der Waals surface area contributed by atoms with E-state index in [-0.39, 0.29) is 22.1 Å². The summed E-state index contributed by atoms with van der Waals surface area (Å²) >= 11 is 11.5. The van der Waals surface area contributed by atoms with Gasteiger partial charge in [0.05, 0.1) is 10.7 Å². The zero-order valence-corrected chi connectivity index (χ0v) is 14.0. The van der Waals surface area contributed by atoms with Gasteiger partial charge in [-0.1, -0.05) is 23.2 Å². The van der Waals surface area contributed by atoms with Crippen LogP contribution >= 0.6 is 23.2 Å². The van der Waals surface area contributed by atoms with Gasteiger partial charge in [0.1, 0.15) is 29.0 Å². The molecule has 1 amide bonds. The Balaban J connectivity index is 2.36. The maximum Gasteiger partial charge on any atom is 0.406 e. The summed E-state index contributed by atoms with van der Waals surface area (Å²) in [6.45, 7) is -1.55. The molecular formula is C14H9Cl2F3N4O2. The molecule has 25 heavy (non-hydrogen) atoms. The minimum Gasteiger partial charge on any atom is -0.330 e. The Bertz CT molecular complexity index is 941. The van der Waals surface area contributed by atoms with Crippen LogP contribution in [-0.2, 0) is 13.6 Å². The number of nitriles is 1. The predicted molar refractivity (Wildman–Crippen MR) is 84.9 cm³/mol. The summed E-state index contributed by atoms with van der Waals surface area (Å²) in [4.78, 5) is 23.9. The molecule has 0 aliphatic carbocycles. The van der Waals surface area contributed by atoms with Crippen LogP contribution in [0.5, 0.6) is 0 Å². The first-order valence-electron chi connectivity index (χ1n) is 6.57. The van der Waals surface area contributed by atoms with E-state index >= 15 is 0 Å². The van der Waals surface area contributed by atoms with Crippen LogP contribution in [0.15, 0.2) is 23.1 Å². The molecule has 0 aliphatic rings. The number of nitrogens with one attached hydrogen (secondary N) is 1. The fourth-order valence-corrected chi connectivity index (χ4v) is 2.58. The highest BCUT2D eigenvalue weighted by molar-refractivity contribution is 6.32. The summed E-state index contributed by atoms with van der Waals surface area (Å²) in [5.41, 5.74) is -1.10. The molecule has 6 nitrogen and oxygen atoms in total. The standard InChI is InChI=1S/C14H9Cl2F3N4O2/c1-22-10(3-8(15)11(22)4-20)12(24)21-7-2-9(16)13(25)23(5-7)6-14(17,18)19/h2-3,5H,6H2,1H3,(H,21,24). The van der Waals surface area contributed by atoms with Crippen molar-refractivity contribution in [2.75, 3.05) is 5.32 Å². The van der Waals surface area contributed by atoms with Crippen LogP contribution in [0.25, 0.3) is 0 Å². The number of amides is 1. The average Bonchev–Trinajstić information content (AvgIpc) is 2.77. The predicted octanol–water partition coefficient (Wildman–Crippen LogP) is 3.18. The van der Waals surface area contributed by atoms with Gasteiger partial charge in [0, 0.05) is 13.2 Å². The van der Waals surface area contributed by atoms with Crippen molar-refractivity contribution in [1.29, 1.82) is 5.26 Å². The Hall–Kier alpha value is -2.44. The Morgan fingerprint density at radius 1 is 1.32 bits per heavy atom. The molecule has 0 aromatic carbocycles. The molecule has 2 rings (SSSR count). The summed E-state index contributed by atoms with van der Waals surface area (Å²) in [7, 11) is 1.43. The lowest BCUT2D eigenvalue weighted by Gasteiger charge is -2.12. The maximum atomic E-state index is 12.5. The molecule has 0 spiro atoms. The first-order valence-corrected chi connectivity index (χ1v) is 7.32. The third-order valence-corrected chi connectivity index (χ3v) is 3.73. The monoisotopic (exact) mass is 392 g/mol. The van der Waals surface area contributed by atoms with Crippen molar-refractivity contribution in [2.24, 2.45) is 7.05 Å². The fourth-order valence-electron chi connectivity index (χ4n) is 2.09. The number of alkyl halides is 3. The van der Waals surface area contributed by atoms with Crippen LogP contribution in [0.3, 0.4) is 0 Å². The average molecular weight is 393 g/mol. The van der Waals surface area contributed by atoms with E-state index in [4.69, 9.17) is 28.5 Å². The number of carbonyl (C=O) groups is 1. The number of halogens is 5. The van der Waals surface area contributed by atoms with Crippen molar-refractivity contribution in [3.63, 3.8) is 0 Å². The molecule has 2 aromatic heterocycles. The van der Waals surface area contributed by atoms with Crippen LogP contribution in [0.2, 0.25) is 10.0 Å². The van der Waals surface area contributed by atoms with Gasteiger partial charge in [-0.3, -0.25) is 9.59 Å². The van der Waals surface area contributed by atoms with E-state index < -0.39 is 29.2 Å². The van der Waals surface area contributed by atoms with Gasteiger partial charge in [-0.2, -0.15) is 18.4 Å². The molecule has 0 fully saturated rings. The van der Waals surface area contributed by atoms with Crippen LogP contribution < -0.4 is 10.9 Å². The van der Waals surface area contributed by atoms with Crippen molar-refractivity contribution in [3.8, 4) is 6.07 Å².